The van der Waals surface area contributed by atoms with E-state index in [0.29, 0.717) is 29.4 Å². The van der Waals surface area contributed by atoms with Gasteiger partial charge in [0.15, 0.2) is 11.6 Å². The molecule has 2 aromatic rings. The maximum absolute atomic E-state index is 12.5. The van der Waals surface area contributed by atoms with Crippen LogP contribution in [0.2, 0.25) is 5.02 Å². The largest absolute Gasteiger partial charge is 0.347 e. The predicted octanol–water partition coefficient (Wildman–Crippen LogP) is 3.91. The van der Waals surface area contributed by atoms with Gasteiger partial charge in [0.25, 0.3) is 0 Å². The molecule has 0 aliphatic carbocycles. The summed E-state index contributed by atoms with van der Waals surface area (Å²) in [4.78, 5) is 14.9. The summed E-state index contributed by atoms with van der Waals surface area (Å²) >= 11 is 5.88. The second-order valence-electron chi connectivity index (χ2n) is 6.92. The minimum Gasteiger partial charge on any atom is -0.347 e. The van der Waals surface area contributed by atoms with Crippen LogP contribution in [0.25, 0.3) is 0 Å². The number of likely N-dealkylation sites (tertiary alicyclic amines) is 1. The van der Waals surface area contributed by atoms with Crippen molar-refractivity contribution in [2.75, 3.05) is 26.3 Å². The molecule has 0 N–H and O–H groups in total. The molecule has 5 heteroatoms. The number of piperidine rings is 1. The summed E-state index contributed by atoms with van der Waals surface area (Å²) in [5.74, 6) is -0.311. The normalized spacial score (nSPS) is 19.7. The van der Waals surface area contributed by atoms with Crippen molar-refractivity contribution in [1.82, 2.24) is 4.90 Å². The average Bonchev–Trinajstić information content (AvgIpc) is 3.13. The summed E-state index contributed by atoms with van der Waals surface area (Å²) in [5.41, 5.74) is 2.56. The van der Waals surface area contributed by atoms with Crippen LogP contribution < -0.4 is 0 Å². The van der Waals surface area contributed by atoms with Crippen molar-refractivity contribution in [2.45, 2.75) is 25.2 Å². The van der Waals surface area contributed by atoms with E-state index in [-0.39, 0.29) is 11.6 Å². The van der Waals surface area contributed by atoms with Gasteiger partial charge in [-0.15, -0.1) is 0 Å². The molecule has 136 valence electrons. The quantitative estimate of drug-likeness (QED) is 0.764. The number of rotatable bonds is 4. The fourth-order valence-electron chi connectivity index (χ4n) is 3.63. The molecular weight excluding hydrogens is 350 g/mol. The monoisotopic (exact) mass is 371 g/mol. The van der Waals surface area contributed by atoms with Gasteiger partial charge in [-0.2, -0.15) is 0 Å². The van der Waals surface area contributed by atoms with Crippen LogP contribution >= 0.6 is 11.6 Å². The number of carbonyl (C=O) groups excluding carboxylic acids is 1. The van der Waals surface area contributed by atoms with Crippen molar-refractivity contribution in [3.05, 3.63) is 70.2 Å². The molecule has 26 heavy (non-hydrogen) atoms. The van der Waals surface area contributed by atoms with Crippen molar-refractivity contribution in [3.63, 3.8) is 0 Å². The molecule has 2 aliphatic rings. The van der Waals surface area contributed by atoms with Crippen molar-refractivity contribution in [3.8, 4) is 0 Å². The van der Waals surface area contributed by atoms with Gasteiger partial charge in [-0.25, -0.2) is 0 Å². The van der Waals surface area contributed by atoms with Gasteiger partial charge in [-0.1, -0.05) is 35.9 Å². The molecule has 0 atom stereocenters. The highest BCUT2D eigenvalue weighted by molar-refractivity contribution is 6.30. The SMILES string of the molecule is O=C(c1ccc(Cl)cc1)c1ccc(CN2CCC3(CC2)OCCO3)cc1. The van der Waals surface area contributed by atoms with E-state index < -0.39 is 0 Å². The Kier molecular flexibility index (Phi) is 5.09. The standard InChI is InChI=1S/C21H22ClNO3/c22-19-7-5-18(6-8-19)20(24)17-3-1-16(2-4-17)15-23-11-9-21(10-12-23)25-13-14-26-21/h1-8H,9-15H2. The predicted molar refractivity (Wildman–Crippen MR) is 100 cm³/mol. The number of ether oxygens (including phenoxy) is 2. The highest BCUT2D eigenvalue weighted by Gasteiger charge is 2.39. The minimum atomic E-state index is -0.328. The number of hydrogen-bond acceptors (Lipinski definition) is 4. The van der Waals surface area contributed by atoms with Gasteiger partial charge in [-0.3, -0.25) is 9.69 Å². The first-order valence-corrected chi connectivity index (χ1v) is 9.41. The van der Waals surface area contributed by atoms with Crippen LogP contribution in [0.4, 0.5) is 0 Å². The molecule has 2 aromatic carbocycles. The number of benzene rings is 2. The molecule has 2 aliphatic heterocycles. The van der Waals surface area contributed by atoms with Crippen molar-refractivity contribution < 1.29 is 14.3 Å². The van der Waals surface area contributed by atoms with Crippen LogP contribution in [0.3, 0.4) is 0 Å². The van der Waals surface area contributed by atoms with Crippen molar-refractivity contribution >= 4 is 17.4 Å². The van der Waals surface area contributed by atoms with Gasteiger partial charge >= 0.3 is 0 Å². The Morgan fingerprint density at radius 2 is 1.46 bits per heavy atom. The van der Waals surface area contributed by atoms with Gasteiger partial charge < -0.3 is 9.47 Å². The highest BCUT2D eigenvalue weighted by Crippen LogP contribution is 2.31. The van der Waals surface area contributed by atoms with E-state index in [0.717, 1.165) is 32.5 Å². The summed E-state index contributed by atoms with van der Waals surface area (Å²) in [7, 11) is 0. The Hall–Kier alpha value is -1.72. The zero-order valence-corrected chi connectivity index (χ0v) is 15.4. The third kappa shape index (κ3) is 3.84. The molecule has 1 spiro atoms. The Bertz CT molecular complexity index is 757. The summed E-state index contributed by atoms with van der Waals surface area (Å²) in [6.07, 6.45) is 1.83. The van der Waals surface area contributed by atoms with Crippen molar-refractivity contribution in [2.24, 2.45) is 0 Å². The van der Waals surface area contributed by atoms with E-state index in [9.17, 15) is 4.79 Å². The van der Waals surface area contributed by atoms with Gasteiger partial charge in [0.1, 0.15) is 0 Å². The first kappa shape index (κ1) is 17.7. The summed E-state index contributed by atoms with van der Waals surface area (Å²) in [5, 5.41) is 0.633. The number of halogens is 1. The Morgan fingerprint density at radius 3 is 2.04 bits per heavy atom. The topological polar surface area (TPSA) is 38.8 Å². The molecule has 0 aromatic heterocycles. The third-order valence-electron chi connectivity index (χ3n) is 5.16. The fraction of sp³-hybridized carbons (Fsp3) is 0.381. The van der Waals surface area contributed by atoms with E-state index in [1.807, 2.05) is 24.3 Å². The summed E-state index contributed by atoms with van der Waals surface area (Å²) in [6, 6.07) is 14.9. The summed E-state index contributed by atoms with van der Waals surface area (Å²) < 4.78 is 11.6. The lowest BCUT2D eigenvalue weighted by atomic mass is 10.0. The zero-order valence-electron chi connectivity index (χ0n) is 14.6. The average molecular weight is 372 g/mol. The second kappa shape index (κ2) is 7.49. The zero-order chi connectivity index (χ0) is 18.0. The van der Waals surface area contributed by atoms with E-state index in [1.165, 1.54) is 5.56 Å². The van der Waals surface area contributed by atoms with Crippen LogP contribution in [0.1, 0.15) is 34.3 Å². The molecule has 4 rings (SSSR count). The molecule has 4 nitrogen and oxygen atoms in total. The Morgan fingerprint density at radius 1 is 0.923 bits per heavy atom. The molecule has 2 fully saturated rings. The molecule has 0 amide bonds. The van der Waals surface area contributed by atoms with E-state index in [4.69, 9.17) is 21.1 Å². The summed E-state index contributed by atoms with van der Waals surface area (Å²) in [6.45, 7) is 4.23. The van der Waals surface area contributed by atoms with Gasteiger partial charge in [-0.05, 0) is 29.8 Å². The minimum absolute atomic E-state index is 0.0173. The molecule has 0 saturated carbocycles. The lowest BCUT2D eigenvalue weighted by Gasteiger charge is -2.37. The smallest absolute Gasteiger partial charge is 0.193 e. The first-order chi connectivity index (χ1) is 12.6. The van der Waals surface area contributed by atoms with Gasteiger partial charge in [0.2, 0.25) is 0 Å². The maximum Gasteiger partial charge on any atom is 0.193 e. The molecule has 0 radical (unpaired) electrons. The third-order valence-corrected chi connectivity index (χ3v) is 5.41. The highest BCUT2D eigenvalue weighted by atomic mass is 35.5. The van der Waals surface area contributed by atoms with Crippen LogP contribution in [0.5, 0.6) is 0 Å². The number of ketones is 1. The van der Waals surface area contributed by atoms with Gasteiger partial charge in [0, 0.05) is 48.6 Å². The lowest BCUT2D eigenvalue weighted by Crippen LogP contribution is -2.44. The fourth-order valence-corrected chi connectivity index (χ4v) is 3.75. The Labute approximate surface area is 158 Å². The van der Waals surface area contributed by atoms with Crippen LogP contribution in [0, 0.1) is 0 Å². The molecule has 0 bridgehead atoms. The maximum atomic E-state index is 12.5. The Balaban J connectivity index is 1.36. The van der Waals surface area contributed by atoms with E-state index >= 15 is 0 Å². The van der Waals surface area contributed by atoms with Crippen molar-refractivity contribution in [1.29, 1.82) is 0 Å². The van der Waals surface area contributed by atoms with Crippen LogP contribution in [0.15, 0.2) is 48.5 Å². The second-order valence-corrected chi connectivity index (χ2v) is 7.35. The molecule has 2 heterocycles. The molecular formula is C21H22ClNO3. The molecule has 0 unspecified atom stereocenters. The van der Waals surface area contributed by atoms with Gasteiger partial charge in [0.05, 0.1) is 13.2 Å². The van der Waals surface area contributed by atoms with Crippen LogP contribution in [-0.2, 0) is 16.0 Å². The van der Waals surface area contributed by atoms with E-state index in [2.05, 4.69) is 4.90 Å². The number of hydrogen-bond donors (Lipinski definition) is 0. The molecule has 2 saturated heterocycles. The number of carbonyl (C=O) groups is 1. The lowest BCUT2D eigenvalue weighted by molar-refractivity contribution is -0.185. The number of nitrogens with zero attached hydrogens (tertiary/aromatic N) is 1. The first-order valence-electron chi connectivity index (χ1n) is 9.03. The van der Waals surface area contributed by atoms with E-state index in [1.54, 1.807) is 24.3 Å². The van der Waals surface area contributed by atoms with Crippen LogP contribution in [-0.4, -0.2) is 42.8 Å².